The number of aliphatic hydroxyl groups is 1. The third-order valence-corrected chi connectivity index (χ3v) is 4.80. The van der Waals surface area contributed by atoms with Crippen LogP contribution in [0.15, 0.2) is 53.4 Å². The van der Waals surface area contributed by atoms with E-state index >= 15 is 0 Å². The molecule has 0 aromatic heterocycles. The second-order valence-corrected chi connectivity index (χ2v) is 6.86. The van der Waals surface area contributed by atoms with E-state index in [0.29, 0.717) is 10.6 Å². The molecule has 2 aromatic rings. The highest BCUT2D eigenvalue weighted by molar-refractivity contribution is 7.89. The van der Waals surface area contributed by atoms with Crippen LogP contribution in [-0.2, 0) is 10.0 Å². The fraction of sp³-hybridized carbons (Fsp3) is 0.200. The molecule has 7 heteroatoms. The number of benzene rings is 2. The van der Waals surface area contributed by atoms with Gasteiger partial charge in [0.2, 0.25) is 10.0 Å². The minimum Gasteiger partial charge on any atom is -0.388 e. The summed E-state index contributed by atoms with van der Waals surface area (Å²) in [5.41, 5.74) is 0.595. The molecule has 0 aliphatic heterocycles. The molecule has 0 heterocycles. The van der Waals surface area contributed by atoms with Crippen LogP contribution in [0.2, 0.25) is 5.02 Å². The molecule has 1 atom stereocenters. The van der Waals surface area contributed by atoms with Crippen LogP contribution in [0.1, 0.15) is 18.1 Å². The smallest absolute Gasteiger partial charge is 0.243 e. The molecule has 0 radical (unpaired) electrons. The first-order valence-corrected chi connectivity index (χ1v) is 8.44. The summed E-state index contributed by atoms with van der Waals surface area (Å²) in [7, 11) is -3.94. The Labute approximate surface area is 133 Å². The van der Waals surface area contributed by atoms with Gasteiger partial charge in [0.1, 0.15) is 10.7 Å². The Hall–Kier alpha value is -1.47. The van der Waals surface area contributed by atoms with Gasteiger partial charge in [-0.05, 0) is 36.2 Å². The van der Waals surface area contributed by atoms with Crippen LogP contribution in [0.25, 0.3) is 0 Å². The molecule has 0 fully saturated rings. The average Bonchev–Trinajstić information content (AvgIpc) is 2.47. The van der Waals surface area contributed by atoms with Crippen molar-refractivity contribution in [1.29, 1.82) is 0 Å². The second-order valence-electron chi connectivity index (χ2n) is 4.69. The van der Waals surface area contributed by atoms with Crippen LogP contribution < -0.4 is 4.72 Å². The summed E-state index contributed by atoms with van der Waals surface area (Å²) in [4.78, 5) is -0.410. The lowest BCUT2D eigenvalue weighted by molar-refractivity contribution is 0.169. The first kappa shape index (κ1) is 16.9. The van der Waals surface area contributed by atoms with Crippen LogP contribution >= 0.6 is 11.6 Å². The largest absolute Gasteiger partial charge is 0.388 e. The zero-order valence-corrected chi connectivity index (χ0v) is 13.1. The lowest BCUT2D eigenvalue weighted by Gasteiger charge is -2.12. The first-order chi connectivity index (χ1) is 10.4. The Morgan fingerprint density at radius 2 is 1.91 bits per heavy atom. The summed E-state index contributed by atoms with van der Waals surface area (Å²) < 4.78 is 39.7. The van der Waals surface area contributed by atoms with Gasteiger partial charge in [-0.1, -0.05) is 35.9 Å². The quantitative estimate of drug-likeness (QED) is 0.847. The molecule has 2 N–H and O–H groups in total. The van der Waals surface area contributed by atoms with E-state index < -0.39 is 26.8 Å². The molecule has 0 saturated carbocycles. The molecule has 0 aliphatic rings. The van der Waals surface area contributed by atoms with E-state index in [2.05, 4.69) is 4.72 Å². The number of halogens is 2. The molecule has 0 amide bonds. The van der Waals surface area contributed by atoms with E-state index in [1.165, 1.54) is 18.2 Å². The van der Waals surface area contributed by atoms with E-state index in [1.54, 1.807) is 24.3 Å². The summed E-state index contributed by atoms with van der Waals surface area (Å²) in [5, 5.41) is 10.5. The van der Waals surface area contributed by atoms with Crippen molar-refractivity contribution in [2.45, 2.75) is 17.4 Å². The molecular weight excluding hydrogens is 329 g/mol. The van der Waals surface area contributed by atoms with Crippen LogP contribution in [0.3, 0.4) is 0 Å². The minimum atomic E-state index is -3.94. The number of nitrogens with one attached hydrogen (secondary N) is 1. The molecule has 0 saturated heterocycles. The highest BCUT2D eigenvalue weighted by atomic mass is 35.5. The highest BCUT2D eigenvalue weighted by Gasteiger charge is 2.18. The minimum absolute atomic E-state index is 0.0235. The number of rotatable bonds is 6. The molecule has 2 aromatic carbocycles. The summed E-state index contributed by atoms with van der Waals surface area (Å²) >= 11 is 5.83. The normalized spacial score (nSPS) is 13.0. The van der Waals surface area contributed by atoms with Crippen molar-refractivity contribution >= 4 is 21.6 Å². The lowest BCUT2D eigenvalue weighted by Crippen LogP contribution is -2.26. The van der Waals surface area contributed by atoms with Crippen LogP contribution in [0.4, 0.5) is 4.39 Å². The van der Waals surface area contributed by atoms with Crippen molar-refractivity contribution in [3.8, 4) is 0 Å². The van der Waals surface area contributed by atoms with Gasteiger partial charge in [0.05, 0.1) is 6.10 Å². The Balaban J connectivity index is 1.97. The number of hydrogen-bond acceptors (Lipinski definition) is 3. The van der Waals surface area contributed by atoms with Crippen LogP contribution in [-0.4, -0.2) is 20.1 Å². The molecule has 4 nitrogen and oxygen atoms in total. The predicted molar refractivity (Wildman–Crippen MR) is 82.6 cm³/mol. The van der Waals surface area contributed by atoms with Gasteiger partial charge in [-0.3, -0.25) is 0 Å². The predicted octanol–water partition coefficient (Wildman–Crippen LogP) is 2.88. The molecule has 0 spiro atoms. The van der Waals surface area contributed by atoms with Gasteiger partial charge >= 0.3 is 0 Å². The molecular formula is C15H15ClFNO3S. The maximum absolute atomic E-state index is 13.5. The van der Waals surface area contributed by atoms with Crippen molar-refractivity contribution in [2.75, 3.05) is 6.54 Å². The Morgan fingerprint density at radius 1 is 1.18 bits per heavy atom. The van der Waals surface area contributed by atoms with Gasteiger partial charge in [-0.25, -0.2) is 17.5 Å². The third-order valence-electron chi connectivity index (χ3n) is 3.07. The maximum atomic E-state index is 13.5. The average molecular weight is 344 g/mol. The molecule has 0 aliphatic carbocycles. The fourth-order valence-electron chi connectivity index (χ4n) is 1.95. The van der Waals surface area contributed by atoms with E-state index in [1.807, 2.05) is 0 Å². The third kappa shape index (κ3) is 4.27. The molecule has 0 unspecified atom stereocenters. The zero-order valence-electron chi connectivity index (χ0n) is 11.5. The van der Waals surface area contributed by atoms with Gasteiger partial charge < -0.3 is 5.11 Å². The van der Waals surface area contributed by atoms with Gasteiger partial charge in [0.15, 0.2) is 0 Å². The lowest BCUT2D eigenvalue weighted by atomic mass is 10.1. The Kier molecular flexibility index (Phi) is 5.52. The van der Waals surface area contributed by atoms with Crippen molar-refractivity contribution in [3.05, 3.63) is 64.9 Å². The monoisotopic (exact) mass is 343 g/mol. The molecule has 22 heavy (non-hydrogen) atoms. The first-order valence-electron chi connectivity index (χ1n) is 6.58. The Morgan fingerprint density at radius 3 is 2.59 bits per heavy atom. The van der Waals surface area contributed by atoms with E-state index in [-0.39, 0.29) is 13.0 Å². The number of sulfonamides is 1. The standard InChI is InChI=1S/C15H15ClFNO3S/c16-12-5-3-4-11(10-12)14(19)8-9-18-22(20,21)15-7-2-1-6-13(15)17/h1-7,10,14,18-19H,8-9H2/t14-/m1/s1. The van der Waals surface area contributed by atoms with Crippen molar-refractivity contribution in [3.63, 3.8) is 0 Å². The van der Waals surface area contributed by atoms with Crippen molar-refractivity contribution in [2.24, 2.45) is 0 Å². The summed E-state index contributed by atoms with van der Waals surface area (Å²) in [6.45, 7) is -0.0235. The second kappa shape index (κ2) is 7.19. The van der Waals surface area contributed by atoms with Crippen LogP contribution in [0, 0.1) is 5.82 Å². The highest BCUT2D eigenvalue weighted by Crippen LogP contribution is 2.20. The topological polar surface area (TPSA) is 66.4 Å². The Bertz CT molecular complexity index is 752. The molecule has 2 rings (SSSR count). The number of hydrogen-bond donors (Lipinski definition) is 2. The van der Waals surface area contributed by atoms with Gasteiger partial charge in [0.25, 0.3) is 0 Å². The summed E-state index contributed by atoms with van der Waals surface area (Å²) in [5.74, 6) is -0.814. The van der Waals surface area contributed by atoms with Crippen molar-refractivity contribution < 1.29 is 17.9 Å². The zero-order chi connectivity index (χ0) is 16.2. The van der Waals surface area contributed by atoms with E-state index in [9.17, 15) is 17.9 Å². The molecule has 0 bridgehead atoms. The van der Waals surface area contributed by atoms with Gasteiger partial charge in [0, 0.05) is 11.6 Å². The van der Waals surface area contributed by atoms with E-state index in [4.69, 9.17) is 11.6 Å². The fourth-order valence-corrected chi connectivity index (χ4v) is 3.27. The van der Waals surface area contributed by atoms with Gasteiger partial charge in [-0.15, -0.1) is 0 Å². The van der Waals surface area contributed by atoms with Gasteiger partial charge in [-0.2, -0.15) is 0 Å². The summed E-state index contributed by atoms with van der Waals surface area (Å²) in [6.07, 6.45) is -0.712. The van der Waals surface area contributed by atoms with Crippen molar-refractivity contribution in [1.82, 2.24) is 4.72 Å². The van der Waals surface area contributed by atoms with Crippen LogP contribution in [0.5, 0.6) is 0 Å². The molecule has 118 valence electrons. The maximum Gasteiger partial charge on any atom is 0.243 e. The van der Waals surface area contributed by atoms with E-state index in [0.717, 1.165) is 6.07 Å². The summed E-state index contributed by atoms with van der Waals surface area (Å²) in [6, 6.07) is 11.8. The SMILES string of the molecule is O=S(=O)(NCC[C@@H](O)c1cccc(Cl)c1)c1ccccc1F. The number of aliphatic hydroxyl groups excluding tert-OH is 1.